The van der Waals surface area contributed by atoms with Gasteiger partial charge in [0, 0.05) is 7.05 Å². The van der Waals surface area contributed by atoms with Gasteiger partial charge >= 0.3 is 5.97 Å². The molecule has 1 unspecified atom stereocenters. The zero-order chi connectivity index (χ0) is 18.8. The Labute approximate surface area is 156 Å². The van der Waals surface area contributed by atoms with Gasteiger partial charge < -0.3 is 14.2 Å². The number of benzene rings is 2. The number of fused-ring (bicyclic) bond motifs is 1. The highest BCUT2D eigenvalue weighted by Crippen LogP contribution is 2.36. The summed E-state index contributed by atoms with van der Waals surface area (Å²) in [5.74, 6) is 1.09. The van der Waals surface area contributed by atoms with Crippen molar-refractivity contribution in [2.45, 2.75) is 13.1 Å². The van der Waals surface area contributed by atoms with E-state index in [-0.39, 0.29) is 25.4 Å². The molecule has 2 aliphatic heterocycles. The number of para-hydroxylation sites is 1. The highest BCUT2D eigenvalue weighted by atomic mass is 16.7. The quantitative estimate of drug-likeness (QED) is 0.830. The Morgan fingerprint density at radius 2 is 2.00 bits per heavy atom. The average Bonchev–Trinajstić information content (AvgIpc) is 3.16. The van der Waals surface area contributed by atoms with Gasteiger partial charge in [0.05, 0.1) is 12.3 Å². The van der Waals surface area contributed by atoms with E-state index in [1.807, 2.05) is 48.5 Å². The molecule has 0 radical (unpaired) electrons. The molecule has 8 nitrogen and oxygen atoms in total. The van der Waals surface area contributed by atoms with Gasteiger partial charge in [-0.2, -0.15) is 0 Å². The summed E-state index contributed by atoms with van der Waals surface area (Å²) < 4.78 is 16.0. The monoisotopic (exact) mass is 368 g/mol. The van der Waals surface area contributed by atoms with Crippen LogP contribution in [0.3, 0.4) is 0 Å². The molecule has 1 atom stereocenters. The second kappa shape index (κ2) is 7.16. The van der Waals surface area contributed by atoms with Crippen LogP contribution in [0.2, 0.25) is 0 Å². The number of hydrogen-bond acceptors (Lipinski definition) is 8. The third-order valence-corrected chi connectivity index (χ3v) is 4.27. The van der Waals surface area contributed by atoms with Crippen LogP contribution in [-0.2, 0) is 9.53 Å². The number of hydrazone groups is 1. The van der Waals surface area contributed by atoms with Gasteiger partial charge in [0.15, 0.2) is 11.5 Å². The van der Waals surface area contributed by atoms with Crippen LogP contribution in [0.25, 0.3) is 0 Å². The minimum atomic E-state index is -0.488. The molecule has 0 spiro atoms. The molecule has 0 amide bonds. The summed E-state index contributed by atoms with van der Waals surface area (Å²) >= 11 is 0. The molecule has 4 rings (SSSR count). The van der Waals surface area contributed by atoms with Gasteiger partial charge in [-0.05, 0) is 36.8 Å². The Hall–Kier alpha value is -3.26. The second-order valence-corrected chi connectivity index (χ2v) is 6.03. The number of ether oxygens (including phenoxy) is 3. The summed E-state index contributed by atoms with van der Waals surface area (Å²) in [7, 11) is 1.73. The standard InChI is InChI=1S/C19H20N4O4/c1-3-25-19(24)18-21-23(14-7-5-4-6-8-14)17(20-22(18)2)13-9-10-15-16(11-13)27-12-26-15/h4-11,17,20H,3,12H2,1-2H3. The van der Waals surface area contributed by atoms with Crippen LogP contribution in [0.5, 0.6) is 11.5 Å². The maximum atomic E-state index is 12.3. The Morgan fingerprint density at radius 1 is 1.22 bits per heavy atom. The first-order valence-electron chi connectivity index (χ1n) is 8.67. The van der Waals surface area contributed by atoms with Gasteiger partial charge in [-0.3, -0.25) is 5.01 Å². The first-order chi connectivity index (χ1) is 13.2. The molecule has 2 heterocycles. The maximum Gasteiger partial charge on any atom is 0.377 e. The van der Waals surface area contributed by atoms with Crippen LogP contribution in [-0.4, -0.2) is 37.3 Å². The zero-order valence-corrected chi connectivity index (χ0v) is 15.1. The van der Waals surface area contributed by atoms with Crippen LogP contribution in [0, 0.1) is 0 Å². The minimum absolute atomic E-state index is 0.178. The second-order valence-electron chi connectivity index (χ2n) is 6.03. The molecular formula is C19H20N4O4. The third kappa shape index (κ3) is 3.26. The van der Waals surface area contributed by atoms with Crippen molar-refractivity contribution in [1.29, 1.82) is 0 Å². The Kier molecular flexibility index (Phi) is 4.55. The number of nitrogens with one attached hydrogen (secondary N) is 1. The van der Waals surface area contributed by atoms with Crippen molar-refractivity contribution in [2.24, 2.45) is 5.10 Å². The summed E-state index contributed by atoms with van der Waals surface area (Å²) in [6.45, 7) is 2.26. The number of amidine groups is 1. The number of hydrogen-bond donors (Lipinski definition) is 1. The van der Waals surface area contributed by atoms with Crippen LogP contribution in [0.4, 0.5) is 5.69 Å². The van der Waals surface area contributed by atoms with Crippen molar-refractivity contribution in [2.75, 3.05) is 25.5 Å². The average molecular weight is 368 g/mol. The predicted octanol–water partition coefficient (Wildman–Crippen LogP) is 2.25. The van der Waals surface area contributed by atoms with E-state index in [2.05, 4.69) is 10.5 Å². The molecule has 0 aliphatic carbocycles. The summed E-state index contributed by atoms with van der Waals surface area (Å²) in [4.78, 5) is 12.3. The third-order valence-electron chi connectivity index (χ3n) is 4.27. The van der Waals surface area contributed by atoms with E-state index in [0.717, 1.165) is 11.3 Å². The molecule has 2 aliphatic rings. The lowest BCUT2D eigenvalue weighted by atomic mass is 10.1. The van der Waals surface area contributed by atoms with Crippen molar-refractivity contribution in [3.8, 4) is 11.5 Å². The molecule has 0 saturated carbocycles. The molecule has 0 bridgehead atoms. The normalized spacial score (nSPS) is 18.3. The van der Waals surface area contributed by atoms with Crippen LogP contribution >= 0.6 is 0 Å². The number of esters is 1. The fourth-order valence-corrected chi connectivity index (χ4v) is 2.99. The fourth-order valence-electron chi connectivity index (χ4n) is 2.99. The zero-order valence-electron chi connectivity index (χ0n) is 15.1. The topological polar surface area (TPSA) is 75.6 Å². The number of carbonyl (C=O) groups is 1. The van der Waals surface area contributed by atoms with E-state index >= 15 is 0 Å². The highest BCUT2D eigenvalue weighted by Gasteiger charge is 2.33. The Morgan fingerprint density at radius 3 is 2.78 bits per heavy atom. The van der Waals surface area contributed by atoms with Gasteiger partial charge in [-0.1, -0.05) is 24.3 Å². The molecule has 2 aromatic carbocycles. The van der Waals surface area contributed by atoms with Crippen LogP contribution < -0.4 is 19.9 Å². The van der Waals surface area contributed by atoms with Crippen LogP contribution in [0.1, 0.15) is 18.7 Å². The lowest BCUT2D eigenvalue weighted by Gasteiger charge is -2.39. The summed E-state index contributed by atoms with van der Waals surface area (Å²) in [5, 5.41) is 7.90. The summed E-state index contributed by atoms with van der Waals surface area (Å²) in [6, 6.07) is 15.4. The van der Waals surface area contributed by atoms with Gasteiger partial charge in [0.25, 0.3) is 0 Å². The Balaban J connectivity index is 1.75. The van der Waals surface area contributed by atoms with Crippen molar-refractivity contribution < 1.29 is 19.0 Å². The number of rotatable bonds is 4. The molecule has 0 fully saturated rings. The number of anilines is 1. The van der Waals surface area contributed by atoms with Crippen molar-refractivity contribution in [3.63, 3.8) is 0 Å². The molecule has 1 N–H and O–H groups in total. The van der Waals surface area contributed by atoms with E-state index in [9.17, 15) is 4.79 Å². The number of carbonyl (C=O) groups excluding carboxylic acids is 1. The van der Waals surface area contributed by atoms with Gasteiger partial charge in [-0.15, -0.1) is 5.10 Å². The van der Waals surface area contributed by atoms with E-state index in [1.165, 1.54) is 0 Å². The number of likely N-dealkylation sites (N-methyl/N-ethyl adjacent to an activating group) is 1. The van der Waals surface area contributed by atoms with E-state index in [0.29, 0.717) is 11.5 Å². The van der Waals surface area contributed by atoms with E-state index in [4.69, 9.17) is 14.2 Å². The minimum Gasteiger partial charge on any atom is -0.460 e. The predicted molar refractivity (Wildman–Crippen MR) is 99.2 cm³/mol. The number of nitrogens with zero attached hydrogens (tertiary/aromatic N) is 3. The maximum absolute atomic E-state index is 12.3. The van der Waals surface area contributed by atoms with Gasteiger partial charge in [0.2, 0.25) is 12.6 Å². The molecule has 0 aromatic heterocycles. The SMILES string of the molecule is CCOC(=O)C1=NN(c2ccccc2)C(c2ccc3c(c2)OCO3)NN1C. The first kappa shape index (κ1) is 17.2. The molecule has 140 valence electrons. The largest absolute Gasteiger partial charge is 0.460 e. The van der Waals surface area contributed by atoms with Gasteiger partial charge in [0.1, 0.15) is 6.17 Å². The van der Waals surface area contributed by atoms with E-state index in [1.54, 1.807) is 24.0 Å². The molecule has 0 saturated heterocycles. The Bertz CT molecular complexity index is 871. The molecule has 27 heavy (non-hydrogen) atoms. The smallest absolute Gasteiger partial charge is 0.377 e. The van der Waals surface area contributed by atoms with Crippen molar-refractivity contribution in [1.82, 2.24) is 10.4 Å². The highest BCUT2D eigenvalue weighted by molar-refractivity contribution is 6.35. The van der Waals surface area contributed by atoms with E-state index < -0.39 is 5.97 Å². The lowest BCUT2D eigenvalue weighted by Crippen LogP contribution is -2.55. The first-order valence-corrected chi connectivity index (χ1v) is 8.67. The summed E-state index contributed by atoms with van der Waals surface area (Å²) in [6.07, 6.45) is -0.343. The molecule has 8 heteroatoms. The fraction of sp³-hybridized carbons (Fsp3) is 0.263. The molecule has 2 aromatic rings. The van der Waals surface area contributed by atoms with Crippen LogP contribution in [0.15, 0.2) is 53.6 Å². The lowest BCUT2D eigenvalue weighted by molar-refractivity contribution is -0.136. The summed E-state index contributed by atoms with van der Waals surface area (Å²) in [5.41, 5.74) is 5.05. The van der Waals surface area contributed by atoms with Gasteiger partial charge in [-0.25, -0.2) is 15.2 Å². The van der Waals surface area contributed by atoms with Crippen molar-refractivity contribution in [3.05, 3.63) is 54.1 Å². The van der Waals surface area contributed by atoms with Crippen molar-refractivity contribution >= 4 is 17.5 Å². The molecular weight excluding hydrogens is 348 g/mol. The number of hydrazine groups is 1.